The van der Waals surface area contributed by atoms with E-state index in [0.717, 1.165) is 63.7 Å². The molecule has 0 spiro atoms. The molecule has 27 heavy (non-hydrogen) atoms. The van der Waals surface area contributed by atoms with Crippen LogP contribution in [0.5, 0.6) is 5.75 Å². The molecular formula is C21H33N3O3. The Morgan fingerprint density at radius 2 is 2.00 bits per heavy atom. The zero-order valence-corrected chi connectivity index (χ0v) is 16.3. The maximum absolute atomic E-state index is 12.2. The van der Waals surface area contributed by atoms with Gasteiger partial charge >= 0.3 is 0 Å². The Bertz CT molecular complexity index is 570. The van der Waals surface area contributed by atoms with Crippen LogP contribution in [0.2, 0.25) is 0 Å². The van der Waals surface area contributed by atoms with Crippen LogP contribution in [0.3, 0.4) is 0 Å². The Morgan fingerprint density at radius 3 is 2.81 bits per heavy atom. The van der Waals surface area contributed by atoms with Gasteiger partial charge in [0.2, 0.25) is 5.91 Å². The van der Waals surface area contributed by atoms with Crippen LogP contribution in [0.1, 0.15) is 31.2 Å². The molecule has 2 fully saturated rings. The number of amides is 1. The third-order valence-corrected chi connectivity index (χ3v) is 5.46. The number of rotatable bonds is 9. The van der Waals surface area contributed by atoms with Gasteiger partial charge in [-0.15, -0.1) is 0 Å². The zero-order valence-electron chi connectivity index (χ0n) is 16.3. The smallest absolute Gasteiger partial charge is 0.220 e. The summed E-state index contributed by atoms with van der Waals surface area (Å²) in [7, 11) is 0. The van der Waals surface area contributed by atoms with Gasteiger partial charge in [-0.05, 0) is 44.3 Å². The van der Waals surface area contributed by atoms with Gasteiger partial charge in [-0.3, -0.25) is 9.69 Å². The van der Waals surface area contributed by atoms with E-state index in [1.54, 1.807) is 0 Å². The van der Waals surface area contributed by atoms with Gasteiger partial charge in [0, 0.05) is 38.2 Å². The topological polar surface area (TPSA) is 62.8 Å². The van der Waals surface area contributed by atoms with Crippen molar-refractivity contribution in [2.45, 2.75) is 32.2 Å². The number of carbonyl (C=O) groups excluding carboxylic acids is 1. The van der Waals surface area contributed by atoms with Gasteiger partial charge in [0.25, 0.3) is 0 Å². The Kier molecular flexibility index (Phi) is 8.39. The monoisotopic (exact) mass is 375 g/mol. The minimum atomic E-state index is 0.136. The lowest BCUT2D eigenvalue weighted by molar-refractivity contribution is -0.121. The minimum absolute atomic E-state index is 0.136. The first kappa shape index (κ1) is 20.1. The van der Waals surface area contributed by atoms with Crippen LogP contribution in [-0.4, -0.2) is 63.4 Å². The molecule has 6 nitrogen and oxygen atoms in total. The summed E-state index contributed by atoms with van der Waals surface area (Å²) in [5.74, 6) is 1.69. The zero-order chi connectivity index (χ0) is 18.7. The first-order chi connectivity index (χ1) is 13.3. The van der Waals surface area contributed by atoms with E-state index in [1.807, 2.05) is 24.3 Å². The molecule has 6 heteroatoms. The average molecular weight is 376 g/mol. The average Bonchev–Trinajstić information content (AvgIpc) is 2.73. The molecule has 1 aromatic carbocycles. The highest BCUT2D eigenvalue weighted by molar-refractivity contribution is 5.75. The Hall–Kier alpha value is -1.63. The lowest BCUT2D eigenvalue weighted by Crippen LogP contribution is -2.38. The molecule has 0 atom stereocenters. The Morgan fingerprint density at radius 1 is 1.22 bits per heavy atom. The van der Waals surface area contributed by atoms with Crippen molar-refractivity contribution in [3.05, 3.63) is 29.8 Å². The maximum atomic E-state index is 12.2. The summed E-state index contributed by atoms with van der Waals surface area (Å²) in [5.41, 5.74) is 1.04. The van der Waals surface area contributed by atoms with Gasteiger partial charge in [-0.1, -0.05) is 18.2 Å². The van der Waals surface area contributed by atoms with Crippen LogP contribution < -0.4 is 15.4 Å². The van der Waals surface area contributed by atoms with Gasteiger partial charge in [-0.25, -0.2) is 0 Å². The second kappa shape index (κ2) is 11.3. The fourth-order valence-corrected chi connectivity index (χ4v) is 3.69. The number of morpholine rings is 1. The number of hydrogen-bond acceptors (Lipinski definition) is 5. The van der Waals surface area contributed by atoms with Crippen molar-refractivity contribution < 1.29 is 14.3 Å². The molecular weight excluding hydrogens is 342 g/mol. The molecule has 1 amide bonds. The normalized spacial score (nSPS) is 19.0. The number of benzene rings is 1. The van der Waals surface area contributed by atoms with Crippen LogP contribution in [0, 0.1) is 5.92 Å². The third kappa shape index (κ3) is 7.13. The predicted octanol–water partition coefficient (Wildman–Crippen LogP) is 1.79. The summed E-state index contributed by atoms with van der Waals surface area (Å²) in [6.45, 7) is 7.80. The highest BCUT2D eigenvalue weighted by Crippen LogP contribution is 2.19. The summed E-state index contributed by atoms with van der Waals surface area (Å²) >= 11 is 0. The van der Waals surface area contributed by atoms with E-state index >= 15 is 0 Å². The summed E-state index contributed by atoms with van der Waals surface area (Å²) in [5, 5.41) is 6.43. The molecule has 1 aromatic rings. The van der Waals surface area contributed by atoms with E-state index in [4.69, 9.17) is 9.47 Å². The standard InChI is InChI=1S/C21H33N3O3/c25-21(6-5-18-7-9-22-10-8-18)23-17-19-3-1-2-4-20(19)27-16-13-24-11-14-26-15-12-24/h1-4,18,22H,5-17H2,(H,23,25). The Labute approximate surface area is 162 Å². The summed E-state index contributed by atoms with van der Waals surface area (Å²) < 4.78 is 11.4. The van der Waals surface area contributed by atoms with Gasteiger partial charge in [0.1, 0.15) is 12.4 Å². The number of piperidine rings is 1. The number of nitrogens with zero attached hydrogens (tertiary/aromatic N) is 1. The third-order valence-electron chi connectivity index (χ3n) is 5.46. The first-order valence-corrected chi connectivity index (χ1v) is 10.3. The second-order valence-electron chi connectivity index (χ2n) is 7.42. The quantitative estimate of drug-likeness (QED) is 0.689. The van der Waals surface area contributed by atoms with Crippen LogP contribution in [0.4, 0.5) is 0 Å². The molecule has 0 unspecified atom stereocenters. The molecule has 150 valence electrons. The molecule has 2 aliphatic heterocycles. The number of ether oxygens (including phenoxy) is 2. The van der Waals surface area contributed by atoms with Crippen LogP contribution in [0.15, 0.2) is 24.3 Å². The van der Waals surface area contributed by atoms with Crippen molar-refractivity contribution in [2.75, 3.05) is 52.5 Å². The fourth-order valence-electron chi connectivity index (χ4n) is 3.69. The summed E-state index contributed by atoms with van der Waals surface area (Å²) in [6.07, 6.45) is 3.98. The van der Waals surface area contributed by atoms with Gasteiger partial charge in [-0.2, -0.15) is 0 Å². The fraction of sp³-hybridized carbons (Fsp3) is 0.667. The van der Waals surface area contributed by atoms with E-state index in [-0.39, 0.29) is 5.91 Å². The van der Waals surface area contributed by atoms with Crippen LogP contribution >= 0.6 is 0 Å². The highest BCUT2D eigenvalue weighted by atomic mass is 16.5. The van der Waals surface area contributed by atoms with Crippen LogP contribution in [0.25, 0.3) is 0 Å². The molecule has 2 N–H and O–H groups in total. The summed E-state index contributed by atoms with van der Waals surface area (Å²) in [6, 6.07) is 7.98. The molecule has 2 saturated heterocycles. The van der Waals surface area contributed by atoms with Crippen molar-refractivity contribution in [1.82, 2.24) is 15.5 Å². The van der Waals surface area contributed by atoms with Gasteiger partial charge in [0.15, 0.2) is 0 Å². The number of para-hydroxylation sites is 1. The molecule has 3 rings (SSSR count). The van der Waals surface area contributed by atoms with E-state index < -0.39 is 0 Å². The van der Waals surface area contributed by atoms with Gasteiger partial charge < -0.3 is 20.1 Å². The van der Waals surface area contributed by atoms with E-state index in [1.165, 1.54) is 12.8 Å². The molecule has 0 bridgehead atoms. The molecule has 2 aliphatic rings. The number of hydrogen-bond donors (Lipinski definition) is 2. The predicted molar refractivity (Wildman–Crippen MR) is 106 cm³/mol. The minimum Gasteiger partial charge on any atom is -0.492 e. The van der Waals surface area contributed by atoms with Gasteiger partial charge in [0.05, 0.1) is 13.2 Å². The number of carbonyl (C=O) groups is 1. The van der Waals surface area contributed by atoms with Crippen molar-refractivity contribution in [3.8, 4) is 5.75 Å². The first-order valence-electron chi connectivity index (χ1n) is 10.3. The highest BCUT2D eigenvalue weighted by Gasteiger charge is 2.15. The number of nitrogens with one attached hydrogen (secondary N) is 2. The largest absolute Gasteiger partial charge is 0.492 e. The molecule has 0 saturated carbocycles. The van der Waals surface area contributed by atoms with Crippen molar-refractivity contribution in [3.63, 3.8) is 0 Å². The summed E-state index contributed by atoms with van der Waals surface area (Å²) in [4.78, 5) is 14.6. The van der Waals surface area contributed by atoms with E-state index in [0.29, 0.717) is 25.5 Å². The van der Waals surface area contributed by atoms with E-state index in [9.17, 15) is 4.79 Å². The van der Waals surface area contributed by atoms with E-state index in [2.05, 4.69) is 15.5 Å². The maximum Gasteiger partial charge on any atom is 0.220 e. The van der Waals surface area contributed by atoms with Crippen molar-refractivity contribution in [1.29, 1.82) is 0 Å². The molecule has 0 aromatic heterocycles. The second-order valence-corrected chi connectivity index (χ2v) is 7.42. The molecule has 2 heterocycles. The Balaban J connectivity index is 1.38. The molecule has 0 radical (unpaired) electrons. The molecule has 0 aliphatic carbocycles. The van der Waals surface area contributed by atoms with Crippen molar-refractivity contribution >= 4 is 5.91 Å². The lowest BCUT2D eigenvalue weighted by atomic mass is 9.93. The lowest BCUT2D eigenvalue weighted by Gasteiger charge is -2.26. The van der Waals surface area contributed by atoms with Crippen molar-refractivity contribution in [2.24, 2.45) is 5.92 Å². The van der Waals surface area contributed by atoms with Crippen LogP contribution in [-0.2, 0) is 16.1 Å². The SMILES string of the molecule is O=C(CCC1CCNCC1)NCc1ccccc1OCCN1CCOCC1.